The number of para-hydroxylation sites is 1. The molecule has 1 aliphatic rings. The Bertz CT molecular complexity index is 687. The van der Waals surface area contributed by atoms with Crippen molar-refractivity contribution in [2.24, 2.45) is 5.92 Å². The van der Waals surface area contributed by atoms with Crippen LogP contribution >= 0.6 is 0 Å². The lowest BCUT2D eigenvalue weighted by molar-refractivity contribution is 0.0941. The molecule has 23 heavy (non-hydrogen) atoms. The van der Waals surface area contributed by atoms with E-state index in [1.165, 1.54) is 18.4 Å². The topological polar surface area (TPSA) is 67.3 Å². The second kappa shape index (κ2) is 6.64. The molecule has 6 nitrogen and oxygen atoms in total. The van der Waals surface area contributed by atoms with Crippen molar-refractivity contribution >= 4 is 11.6 Å². The number of aromatic nitrogens is 2. The summed E-state index contributed by atoms with van der Waals surface area (Å²) in [6.07, 6.45) is 0.967. The van der Waals surface area contributed by atoms with Gasteiger partial charge < -0.3 is 15.0 Å². The average molecular weight is 312 g/mol. The van der Waals surface area contributed by atoms with E-state index in [2.05, 4.69) is 51.7 Å². The van der Waals surface area contributed by atoms with Crippen LogP contribution in [0.1, 0.15) is 16.1 Å². The SMILES string of the molecule is COc1ccc(C(=O)NCC2Cc3ccccc3N(C)C2)nn1. The summed E-state index contributed by atoms with van der Waals surface area (Å²) in [7, 11) is 3.60. The highest BCUT2D eigenvalue weighted by atomic mass is 16.5. The normalized spacial score (nSPS) is 16.6. The van der Waals surface area contributed by atoms with Crippen LogP contribution in [0, 0.1) is 5.92 Å². The second-order valence-electron chi connectivity index (χ2n) is 5.75. The first-order valence-corrected chi connectivity index (χ1v) is 7.62. The molecule has 0 radical (unpaired) electrons. The number of carbonyl (C=O) groups excluding carboxylic acids is 1. The van der Waals surface area contributed by atoms with E-state index in [4.69, 9.17) is 4.74 Å². The molecule has 1 N–H and O–H groups in total. The zero-order valence-electron chi connectivity index (χ0n) is 13.3. The third-order valence-corrected chi connectivity index (χ3v) is 4.08. The Morgan fingerprint density at radius 1 is 1.30 bits per heavy atom. The molecule has 1 aromatic heterocycles. The quantitative estimate of drug-likeness (QED) is 0.927. The van der Waals surface area contributed by atoms with Crippen LogP contribution in [-0.4, -0.2) is 43.4 Å². The van der Waals surface area contributed by atoms with Crippen LogP contribution in [0.3, 0.4) is 0 Å². The summed E-state index contributed by atoms with van der Waals surface area (Å²) in [5.41, 5.74) is 2.90. The Hall–Kier alpha value is -2.63. The van der Waals surface area contributed by atoms with Gasteiger partial charge in [0.05, 0.1) is 7.11 Å². The number of benzene rings is 1. The molecule has 1 amide bonds. The Kier molecular flexibility index (Phi) is 4.41. The van der Waals surface area contributed by atoms with Gasteiger partial charge in [0.25, 0.3) is 5.91 Å². The highest BCUT2D eigenvalue weighted by molar-refractivity contribution is 5.92. The number of anilines is 1. The van der Waals surface area contributed by atoms with Gasteiger partial charge in [0.2, 0.25) is 5.88 Å². The van der Waals surface area contributed by atoms with E-state index >= 15 is 0 Å². The van der Waals surface area contributed by atoms with Crippen molar-refractivity contribution < 1.29 is 9.53 Å². The van der Waals surface area contributed by atoms with E-state index in [9.17, 15) is 4.79 Å². The first-order valence-electron chi connectivity index (χ1n) is 7.62. The van der Waals surface area contributed by atoms with Gasteiger partial charge in [0.15, 0.2) is 5.69 Å². The summed E-state index contributed by atoms with van der Waals surface area (Å²) in [5, 5.41) is 10.6. The number of nitrogens with zero attached hydrogens (tertiary/aromatic N) is 3. The van der Waals surface area contributed by atoms with Gasteiger partial charge in [-0.2, -0.15) is 0 Å². The van der Waals surface area contributed by atoms with Gasteiger partial charge in [-0.05, 0) is 30.0 Å². The maximum absolute atomic E-state index is 12.1. The number of fused-ring (bicyclic) bond motifs is 1. The predicted molar refractivity (Wildman–Crippen MR) is 87.8 cm³/mol. The molecule has 0 saturated carbocycles. The first-order chi connectivity index (χ1) is 11.2. The van der Waals surface area contributed by atoms with Crippen LogP contribution < -0.4 is 15.0 Å². The second-order valence-corrected chi connectivity index (χ2v) is 5.75. The molecule has 0 saturated heterocycles. The molecular formula is C17H20N4O2. The van der Waals surface area contributed by atoms with E-state index in [1.54, 1.807) is 12.1 Å². The number of rotatable bonds is 4. The average Bonchev–Trinajstić information content (AvgIpc) is 2.60. The molecule has 0 aliphatic carbocycles. The fourth-order valence-corrected chi connectivity index (χ4v) is 2.93. The van der Waals surface area contributed by atoms with Crippen LogP contribution in [0.15, 0.2) is 36.4 Å². The number of hydrogen-bond donors (Lipinski definition) is 1. The van der Waals surface area contributed by atoms with E-state index in [1.807, 2.05) is 0 Å². The number of hydrogen-bond acceptors (Lipinski definition) is 5. The van der Waals surface area contributed by atoms with Gasteiger partial charge in [-0.3, -0.25) is 4.79 Å². The summed E-state index contributed by atoms with van der Waals surface area (Å²) in [4.78, 5) is 14.4. The first kappa shape index (κ1) is 15.3. The fraction of sp³-hybridized carbons (Fsp3) is 0.353. The third kappa shape index (κ3) is 3.41. The van der Waals surface area contributed by atoms with Gasteiger partial charge in [-0.15, -0.1) is 10.2 Å². The summed E-state index contributed by atoms with van der Waals surface area (Å²) in [6.45, 7) is 1.54. The summed E-state index contributed by atoms with van der Waals surface area (Å²) < 4.78 is 4.94. The largest absolute Gasteiger partial charge is 0.480 e. The highest BCUT2D eigenvalue weighted by Gasteiger charge is 2.22. The molecular weight excluding hydrogens is 292 g/mol. The number of carbonyl (C=O) groups is 1. The molecule has 0 spiro atoms. The minimum Gasteiger partial charge on any atom is -0.480 e. The molecule has 6 heteroatoms. The van der Waals surface area contributed by atoms with Crippen molar-refractivity contribution in [3.63, 3.8) is 0 Å². The zero-order chi connectivity index (χ0) is 16.2. The van der Waals surface area contributed by atoms with Crippen molar-refractivity contribution in [3.8, 4) is 5.88 Å². The van der Waals surface area contributed by atoms with Crippen molar-refractivity contribution in [2.45, 2.75) is 6.42 Å². The van der Waals surface area contributed by atoms with Crippen LogP contribution in [0.2, 0.25) is 0 Å². The van der Waals surface area contributed by atoms with E-state index < -0.39 is 0 Å². The molecule has 0 fully saturated rings. The van der Waals surface area contributed by atoms with Crippen molar-refractivity contribution in [1.29, 1.82) is 0 Å². The van der Waals surface area contributed by atoms with Crippen molar-refractivity contribution in [1.82, 2.24) is 15.5 Å². The number of nitrogens with one attached hydrogen (secondary N) is 1. The Morgan fingerprint density at radius 2 is 2.13 bits per heavy atom. The molecule has 2 heterocycles. The lowest BCUT2D eigenvalue weighted by Crippen LogP contribution is -2.39. The maximum Gasteiger partial charge on any atom is 0.271 e. The summed E-state index contributed by atoms with van der Waals surface area (Å²) >= 11 is 0. The van der Waals surface area contributed by atoms with Crippen molar-refractivity contribution in [3.05, 3.63) is 47.7 Å². The maximum atomic E-state index is 12.1. The van der Waals surface area contributed by atoms with Gasteiger partial charge in [-0.1, -0.05) is 18.2 Å². The van der Waals surface area contributed by atoms with Crippen LogP contribution in [-0.2, 0) is 6.42 Å². The molecule has 1 atom stereocenters. The Balaban J connectivity index is 1.59. The van der Waals surface area contributed by atoms with E-state index in [-0.39, 0.29) is 5.91 Å². The molecule has 1 aromatic carbocycles. The van der Waals surface area contributed by atoms with Crippen molar-refractivity contribution in [2.75, 3.05) is 32.1 Å². The number of amides is 1. The molecule has 0 bridgehead atoms. The zero-order valence-corrected chi connectivity index (χ0v) is 13.3. The van der Waals surface area contributed by atoms with E-state index in [0.717, 1.165) is 13.0 Å². The molecule has 120 valence electrons. The fourth-order valence-electron chi connectivity index (χ4n) is 2.93. The minimum atomic E-state index is -0.207. The Labute approximate surface area is 135 Å². The summed E-state index contributed by atoms with van der Waals surface area (Å²) in [5.74, 6) is 0.568. The Morgan fingerprint density at radius 3 is 2.87 bits per heavy atom. The van der Waals surface area contributed by atoms with Gasteiger partial charge >= 0.3 is 0 Å². The lowest BCUT2D eigenvalue weighted by Gasteiger charge is -2.33. The molecule has 1 aliphatic heterocycles. The lowest BCUT2D eigenvalue weighted by atomic mass is 9.93. The van der Waals surface area contributed by atoms with E-state index in [0.29, 0.717) is 24.0 Å². The van der Waals surface area contributed by atoms with Gasteiger partial charge in [0, 0.05) is 31.9 Å². The third-order valence-electron chi connectivity index (χ3n) is 4.08. The molecule has 3 rings (SSSR count). The highest BCUT2D eigenvalue weighted by Crippen LogP contribution is 2.27. The van der Waals surface area contributed by atoms with Crippen LogP contribution in [0.4, 0.5) is 5.69 Å². The van der Waals surface area contributed by atoms with Crippen LogP contribution in [0.25, 0.3) is 0 Å². The number of ether oxygens (including phenoxy) is 1. The van der Waals surface area contributed by atoms with Gasteiger partial charge in [0.1, 0.15) is 0 Å². The minimum absolute atomic E-state index is 0.207. The molecule has 2 aromatic rings. The summed E-state index contributed by atoms with van der Waals surface area (Å²) in [6, 6.07) is 11.6. The standard InChI is InChI=1S/C17H20N4O2/c1-21-11-12(9-13-5-3-4-6-15(13)21)10-18-17(22)14-7-8-16(23-2)20-19-14/h3-8,12H,9-11H2,1-2H3,(H,18,22). The van der Waals surface area contributed by atoms with Gasteiger partial charge in [-0.25, -0.2) is 0 Å². The van der Waals surface area contributed by atoms with Crippen LogP contribution in [0.5, 0.6) is 5.88 Å². The number of methoxy groups -OCH3 is 1. The predicted octanol–water partition coefficient (Wildman–Crippen LogP) is 1.52. The molecule has 1 unspecified atom stereocenters. The smallest absolute Gasteiger partial charge is 0.271 e. The monoisotopic (exact) mass is 312 g/mol.